The summed E-state index contributed by atoms with van der Waals surface area (Å²) in [5.41, 5.74) is 3.39. The van der Waals surface area contributed by atoms with Gasteiger partial charge in [-0.3, -0.25) is 0 Å². The first-order valence-electron chi connectivity index (χ1n) is 6.97. The summed E-state index contributed by atoms with van der Waals surface area (Å²) in [5, 5.41) is 0.845. The molecular formula is C17H19ClNO+. The lowest BCUT2D eigenvalue weighted by Crippen LogP contribution is -2.20. The standard InChI is InChI=1S/C17H19ClNO/c1-11-8-12(10-19(2)3)17-14(9-11)16(18)13-6-4-5-7-15(13)20-17/h4-7,10-11H,8-9H2,1-3H3/q+1. The fourth-order valence-corrected chi connectivity index (χ4v) is 3.24. The van der Waals surface area contributed by atoms with Crippen LogP contribution in [0.25, 0.3) is 5.03 Å². The van der Waals surface area contributed by atoms with Gasteiger partial charge in [0.05, 0.1) is 10.6 Å². The van der Waals surface area contributed by atoms with Gasteiger partial charge in [-0.2, -0.15) is 0 Å². The summed E-state index contributed by atoms with van der Waals surface area (Å²) in [4.78, 5) is 0. The molecular weight excluding hydrogens is 270 g/mol. The van der Waals surface area contributed by atoms with E-state index < -0.39 is 0 Å². The molecule has 2 aliphatic rings. The molecule has 0 spiro atoms. The van der Waals surface area contributed by atoms with Gasteiger partial charge in [0.1, 0.15) is 25.6 Å². The van der Waals surface area contributed by atoms with Crippen LogP contribution in [0, 0.1) is 5.92 Å². The van der Waals surface area contributed by atoms with Gasteiger partial charge in [-0.05, 0) is 30.9 Å². The average Bonchev–Trinajstić information content (AvgIpc) is 2.40. The predicted octanol–water partition coefficient (Wildman–Crippen LogP) is 4.06. The molecule has 1 unspecified atom stereocenters. The number of halogens is 1. The number of benzene rings is 1. The Morgan fingerprint density at radius 3 is 2.75 bits per heavy atom. The van der Waals surface area contributed by atoms with Crippen LogP contribution in [0.15, 0.2) is 41.2 Å². The highest BCUT2D eigenvalue weighted by molar-refractivity contribution is 6.50. The summed E-state index contributed by atoms with van der Waals surface area (Å²) in [6.07, 6.45) is 4.15. The normalized spacial score (nSPS) is 21.1. The Balaban J connectivity index is 2.20. The van der Waals surface area contributed by atoms with Crippen molar-refractivity contribution in [1.29, 1.82) is 0 Å². The van der Waals surface area contributed by atoms with Crippen LogP contribution >= 0.6 is 11.6 Å². The third-order valence-electron chi connectivity index (χ3n) is 3.70. The van der Waals surface area contributed by atoms with E-state index in [1.807, 2.05) is 38.4 Å². The molecule has 0 radical (unpaired) electrons. The Bertz CT molecular complexity index is 651. The van der Waals surface area contributed by atoms with Crippen molar-refractivity contribution in [2.45, 2.75) is 19.8 Å². The molecule has 0 fully saturated rings. The molecule has 1 heterocycles. The minimum absolute atomic E-state index is 0.586. The van der Waals surface area contributed by atoms with Crippen LogP contribution in [0.2, 0.25) is 0 Å². The van der Waals surface area contributed by atoms with E-state index in [0.29, 0.717) is 5.92 Å². The maximum atomic E-state index is 6.63. The van der Waals surface area contributed by atoms with Crippen LogP contribution in [0.4, 0.5) is 0 Å². The fraction of sp³-hybridized carbons (Fsp3) is 0.353. The van der Waals surface area contributed by atoms with E-state index in [1.165, 1.54) is 5.57 Å². The molecule has 0 bridgehead atoms. The number of ether oxygens (including phenoxy) is 1. The topological polar surface area (TPSA) is 12.2 Å². The van der Waals surface area contributed by atoms with Gasteiger partial charge in [-0.1, -0.05) is 30.7 Å². The highest BCUT2D eigenvalue weighted by Crippen LogP contribution is 2.46. The van der Waals surface area contributed by atoms with Gasteiger partial charge in [0.2, 0.25) is 0 Å². The Kier molecular flexibility index (Phi) is 3.43. The van der Waals surface area contributed by atoms with Gasteiger partial charge in [-0.25, -0.2) is 4.58 Å². The molecule has 0 N–H and O–H groups in total. The lowest BCUT2D eigenvalue weighted by molar-refractivity contribution is -0.459. The molecule has 20 heavy (non-hydrogen) atoms. The molecule has 0 amide bonds. The molecule has 1 aromatic rings. The van der Waals surface area contributed by atoms with E-state index in [-0.39, 0.29) is 0 Å². The van der Waals surface area contributed by atoms with Crippen LogP contribution in [0.3, 0.4) is 0 Å². The Labute approximate surface area is 125 Å². The van der Waals surface area contributed by atoms with E-state index in [1.54, 1.807) is 0 Å². The number of hydrogen-bond donors (Lipinski definition) is 0. The summed E-state index contributed by atoms with van der Waals surface area (Å²) in [6.45, 7) is 2.26. The number of allylic oxidation sites excluding steroid dienone is 2. The molecule has 1 aromatic carbocycles. The molecule has 1 atom stereocenters. The molecule has 3 rings (SSSR count). The highest BCUT2D eigenvalue weighted by atomic mass is 35.5. The Hall–Kier alpha value is -1.54. The van der Waals surface area contributed by atoms with Gasteiger partial charge in [-0.15, -0.1) is 0 Å². The first-order chi connectivity index (χ1) is 9.56. The summed E-state index contributed by atoms with van der Waals surface area (Å²) in [5.74, 6) is 2.40. The van der Waals surface area contributed by atoms with Crippen LogP contribution in [-0.4, -0.2) is 24.9 Å². The Morgan fingerprint density at radius 2 is 2.00 bits per heavy atom. The van der Waals surface area contributed by atoms with Gasteiger partial charge >= 0.3 is 0 Å². The van der Waals surface area contributed by atoms with Crippen molar-refractivity contribution in [3.63, 3.8) is 0 Å². The van der Waals surface area contributed by atoms with Crippen molar-refractivity contribution in [2.24, 2.45) is 5.92 Å². The maximum absolute atomic E-state index is 6.63. The lowest BCUT2D eigenvalue weighted by Gasteiger charge is -2.30. The zero-order valence-corrected chi connectivity index (χ0v) is 12.9. The van der Waals surface area contributed by atoms with Gasteiger partial charge in [0.15, 0.2) is 6.21 Å². The second-order valence-electron chi connectivity index (χ2n) is 5.85. The first kappa shape index (κ1) is 13.4. The molecule has 3 heteroatoms. The van der Waals surface area contributed by atoms with E-state index in [2.05, 4.69) is 17.7 Å². The molecule has 0 saturated carbocycles. The van der Waals surface area contributed by atoms with Gasteiger partial charge in [0, 0.05) is 11.1 Å². The maximum Gasteiger partial charge on any atom is 0.169 e. The molecule has 104 valence electrons. The predicted molar refractivity (Wildman–Crippen MR) is 83.4 cm³/mol. The summed E-state index contributed by atoms with van der Waals surface area (Å²) < 4.78 is 8.21. The van der Waals surface area contributed by atoms with E-state index in [0.717, 1.165) is 40.5 Å². The van der Waals surface area contributed by atoms with E-state index in [9.17, 15) is 0 Å². The minimum Gasteiger partial charge on any atom is -0.456 e. The van der Waals surface area contributed by atoms with Gasteiger partial charge < -0.3 is 4.74 Å². The minimum atomic E-state index is 0.586. The van der Waals surface area contributed by atoms with Crippen molar-refractivity contribution in [3.05, 3.63) is 46.7 Å². The lowest BCUT2D eigenvalue weighted by atomic mass is 9.84. The molecule has 2 nitrogen and oxygen atoms in total. The third-order valence-corrected chi connectivity index (χ3v) is 4.13. The summed E-state index contributed by atoms with van der Waals surface area (Å²) in [6, 6.07) is 7.98. The van der Waals surface area contributed by atoms with Crippen molar-refractivity contribution in [1.82, 2.24) is 0 Å². The van der Waals surface area contributed by atoms with Crippen molar-refractivity contribution >= 4 is 22.8 Å². The monoisotopic (exact) mass is 288 g/mol. The third kappa shape index (κ3) is 2.29. The zero-order chi connectivity index (χ0) is 14.3. The number of hydrogen-bond acceptors (Lipinski definition) is 1. The second-order valence-corrected chi connectivity index (χ2v) is 6.23. The van der Waals surface area contributed by atoms with Crippen LogP contribution in [-0.2, 0) is 0 Å². The average molecular weight is 289 g/mol. The molecule has 0 saturated heterocycles. The molecule has 1 aliphatic heterocycles. The smallest absolute Gasteiger partial charge is 0.169 e. The number of fused-ring (bicyclic) bond motifs is 2. The largest absolute Gasteiger partial charge is 0.456 e. The Morgan fingerprint density at radius 1 is 1.25 bits per heavy atom. The fourth-order valence-electron chi connectivity index (χ4n) is 2.92. The number of nitrogens with zero attached hydrogens (tertiary/aromatic N) is 1. The highest BCUT2D eigenvalue weighted by Gasteiger charge is 2.31. The summed E-state index contributed by atoms with van der Waals surface area (Å²) >= 11 is 6.63. The SMILES string of the molecule is CC1CC(C=[N+](C)C)=C2Oc3ccccc3C(Cl)=C2C1. The number of rotatable bonds is 1. The van der Waals surface area contributed by atoms with Crippen molar-refractivity contribution in [2.75, 3.05) is 14.1 Å². The van der Waals surface area contributed by atoms with Crippen LogP contribution in [0.5, 0.6) is 5.75 Å². The van der Waals surface area contributed by atoms with Crippen molar-refractivity contribution < 1.29 is 9.31 Å². The summed E-state index contributed by atoms with van der Waals surface area (Å²) in [7, 11) is 4.07. The molecule has 0 aromatic heterocycles. The van der Waals surface area contributed by atoms with Crippen molar-refractivity contribution in [3.8, 4) is 5.75 Å². The second kappa shape index (κ2) is 5.10. The first-order valence-corrected chi connectivity index (χ1v) is 7.34. The van der Waals surface area contributed by atoms with E-state index >= 15 is 0 Å². The van der Waals surface area contributed by atoms with Crippen LogP contribution in [0.1, 0.15) is 25.3 Å². The van der Waals surface area contributed by atoms with Gasteiger partial charge in [0.25, 0.3) is 0 Å². The zero-order valence-electron chi connectivity index (χ0n) is 12.1. The molecule has 1 aliphatic carbocycles. The van der Waals surface area contributed by atoms with Crippen LogP contribution < -0.4 is 4.74 Å². The number of para-hydroxylation sites is 1. The van der Waals surface area contributed by atoms with E-state index in [4.69, 9.17) is 16.3 Å². The quantitative estimate of drug-likeness (QED) is 0.561.